The lowest BCUT2D eigenvalue weighted by atomic mass is 9.95. The van der Waals surface area contributed by atoms with E-state index in [0.717, 1.165) is 51.9 Å². The van der Waals surface area contributed by atoms with E-state index in [1.807, 2.05) is 16.4 Å². The standard InChI is InChI=1S/C23H31FN4O2/c1-3-27-15-18(23(30)25-16-7-5-4-6-8-16)22(29)17-13-19(24)21(14-20(17)27)28-11-9-26(2)10-12-28/h13-16H,3-12H2,1-2H3,(H,25,30). The lowest BCUT2D eigenvalue weighted by molar-refractivity contribution is 0.0926. The van der Waals surface area contributed by atoms with Crippen LogP contribution in [0.15, 0.2) is 23.1 Å². The summed E-state index contributed by atoms with van der Waals surface area (Å²) in [6.07, 6.45) is 6.92. The summed E-state index contributed by atoms with van der Waals surface area (Å²) in [5, 5.41) is 3.28. The minimum absolute atomic E-state index is 0.0988. The number of fused-ring (bicyclic) bond motifs is 1. The Labute approximate surface area is 176 Å². The molecule has 0 unspecified atom stereocenters. The molecule has 0 bridgehead atoms. The van der Waals surface area contributed by atoms with Crippen molar-refractivity contribution in [3.05, 3.63) is 39.9 Å². The number of hydrogen-bond acceptors (Lipinski definition) is 4. The van der Waals surface area contributed by atoms with E-state index in [-0.39, 0.29) is 22.9 Å². The van der Waals surface area contributed by atoms with Gasteiger partial charge in [0.05, 0.1) is 11.2 Å². The zero-order valence-corrected chi connectivity index (χ0v) is 17.9. The van der Waals surface area contributed by atoms with Crippen LogP contribution in [0.2, 0.25) is 0 Å². The van der Waals surface area contributed by atoms with Crippen LogP contribution in [0, 0.1) is 5.82 Å². The van der Waals surface area contributed by atoms with Crippen LogP contribution in [0.25, 0.3) is 10.9 Å². The topological polar surface area (TPSA) is 57.6 Å². The molecule has 30 heavy (non-hydrogen) atoms. The first-order chi connectivity index (χ1) is 14.5. The normalized spacial score (nSPS) is 18.7. The average molecular weight is 415 g/mol. The predicted molar refractivity (Wildman–Crippen MR) is 118 cm³/mol. The molecule has 2 heterocycles. The average Bonchev–Trinajstić information content (AvgIpc) is 2.75. The fraction of sp³-hybridized carbons (Fsp3) is 0.565. The van der Waals surface area contributed by atoms with Crippen molar-refractivity contribution in [3.63, 3.8) is 0 Å². The van der Waals surface area contributed by atoms with E-state index in [9.17, 15) is 9.59 Å². The van der Waals surface area contributed by atoms with Crippen LogP contribution in [-0.2, 0) is 6.54 Å². The second-order valence-electron chi connectivity index (χ2n) is 8.58. The number of aromatic nitrogens is 1. The molecule has 6 nitrogen and oxygen atoms in total. The summed E-state index contributed by atoms with van der Waals surface area (Å²) in [4.78, 5) is 30.2. The number of likely N-dealkylation sites (N-methyl/N-ethyl adjacent to an activating group) is 1. The molecule has 1 aliphatic heterocycles. The molecule has 162 valence electrons. The van der Waals surface area contributed by atoms with Crippen molar-refractivity contribution in [2.45, 2.75) is 51.6 Å². The first kappa shape index (κ1) is 20.8. The molecule has 2 aromatic rings. The Kier molecular flexibility index (Phi) is 6.09. The SMILES string of the molecule is CCn1cc(C(=O)NC2CCCCC2)c(=O)c2cc(F)c(N3CCN(C)CC3)cc21. The largest absolute Gasteiger partial charge is 0.367 e. The Morgan fingerprint density at radius 1 is 1.13 bits per heavy atom. The van der Waals surface area contributed by atoms with Crippen LogP contribution in [0.4, 0.5) is 10.1 Å². The Morgan fingerprint density at radius 2 is 1.83 bits per heavy atom. The van der Waals surface area contributed by atoms with Crippen molar-refractivity contribution in [1.82, 2.24) is 14.8 Å². The lowest BCUT2D eigenvalue weighted by Crippen LogP contribution is -2.44. The number of carbonyl (C=O) groups excluding carboxylic acids is 1. The van der Waals surface area contributed by atoms with Gasteiger partial charge in [-0.25, -0.2) is 4.39 Å². The van der Waals surface area contributed by atoms with Gasteiger partial charge in [0.15, 0.2) is 0 Å². The number of pyridine rings is 1. The van der Waals surface area contributed by atoms with Crippen molar-refractivity contribution in [3.8, 4) is 0 Å². The molecule has 1 saturated heterocycles. The highest BCUT2D eigenvalue weighted by Crippen LogP contribution is 2.26. The fourth-order valence-corrected chi connectivity index (χ4v) is 4.62. The summed E-state index contributed by atoms with van der Waals surface area (Å²) >= 11 is 0. The monoisotopic (exact) mass is 414 g/mol. The van der Waals surface area contributed by atoms with Gasteiger partial charge in [-0.3, -0.25) is 9.59 Å². The number of aryl methyl sites for hydroxylation is 1. The first-order valence-corrected chi connectivity index (χ1v) is 11.1. The van der Waals surface area contributed by atoms with Gasteiger partial charge in [0, 0.05) is 50.3 Å². The third kappa shape index (κ3) is 4.08. The second-order valence-corrected chi connectivity index (χ2v) is 8.58. The number of benzene rings is 1. The lowest BCUT2D eigenvalue weighted by Gasteiger charge is -2.34. The molecular weight excluding hydrogens is 383 g/mol. The number of rotatable bonds is 4. The van der Waals surface area contributed by atoms with Crippen molar-refractivity contribution in [2.75, 3.05) is 38.1 Å². The highest BCUT2D eigenvalue weighted by atomic mass is 19.1. The van der Waals surface area contributed by atoms with E-state index in [1.54, 1.807) is 12.3 Å². The van der Waals surface area contributed by atoms with Crippen molar-refractivity contribution in [2.24, 2.45) is 0 Å². The maximum absolute atomic E-state index is 15.0. The van der Waals surface area contributed by atoms with Crippen molar-refractivity contribution >= 4 is 22.5 Å². The van der Waals surface area contributed by atoms with Crippen LogP contribution >= 0.6 is 0 Å². The third-order valence-electron chi connectivity index (χ3n) is 6.52. The Morgan fingerprint density at radius 3 is 2.50 bits per heavy atom. The Balaban J connectivity index is 1.71. The van der Waals surface area contributed by atoms with Crippen LogP contribution in [0.5, 0.6) is 0 Å². The quantitative estimate of drug-likeness (QED) is 0.836. The molecule has 1 N–H and O–H groups in total. The van der Waals surface area contributed by atoms with Crippen LogP contribution in [0.3, 0.4) is 0 Å². The van der Waals surface area contributed by atoms with E-state index in [2.05, 4.69) is 17.3 Å². The number of hydrogen-bond donors (Lipinski definition) is 1. The second kappa shape index (κ2) is 8.76. The summed E-state index contributed by atoms with van der Waals surface area (Å²) in [6.45, 7) is 5.80. The van der Waals surface area contributed by atoms with Gasteiger partial charge in [0.25, 0.3) is 5.91 Å². The molecule has 2 aliphatic rings. The molecule has 2 fully saturated rings. The zero-order valence-electron chi connectivity index (χ0n) is 17.9. The number of amides is 1. The summed E-state index contributed by atoms with van der Waals surface area (Å²) in [5.74, 6) is -0.754. The minimum Gasteiger partial charge on any atom is -0.367 e. The summed E-state index contributed by atoms with van der Waals surface area (Å²) < 4.78 is 16.9. The summed E-state index contributed by atoms with van der Waals surface area (Å²) in [7, 11) is 2.06. The fourth-order valence-electron chi connectivity index (χ4n) is 4.62. The number of halogens is 1. The number of nitrogens with one attached hydrogen (secondary N) is 1. The highest BCUT2D eigenvalue weighted by Gasteiger charge is 2.23. The van der Waals surface area contributed by atoms with Gasteiger partial charge < -0.3 is 19.7 Å². The van der Waals surface area contributed by atoms with Crippen LogP contribution in [0.1, 0.15) is 49.4 Å². The van der Waals surface area contributed by atoms with Crippen molar-refractivity contribution in [1.29, 1.82) is 0 Å². The molecule has 1 aliphatic carbocycles. The van der Waals surface area contributed by atoms with Gasteiger partial charge in [-0.2, -0.15) is 0 Å². The number of carbonyl (C=O) groups is 1. The van der Waals surface area contributed by atoms with E-state index >= 15 is 4.39 Å². The molecule has 0 radical (unpaired) electrons. The maximum atomic E-state index is 15.0. The number of piperazine rings is 1. The van der Waals surface area contributed by atoms with Crippen LogP contribution < -0.4 is 15.6 Å². The van der Waals surface area contributed by atoms with E-state index in [4.69, 9.17) is 0 Å². The van der Waals surface area contributed by atoms with Gasteiger partial charge in [-0.05, 0) is 38.9 Å². The Bertz CT molecular complexity index is 989. The highest BCUT2D eigenvalue weighted by molar-refractivity contribution is 5.98. The first-order valence-electron chi connectivity index (χ1n) is 11.1. The van der Waals surface area contributed by atoms with E-state index < -0.39 is 11.2 Å². The minimum atomic E-state index is -0.406. The smallest absolute Gasteiger partial charge is 0.256 e. The van der Waals surface area contributed by atoms with Gasteiger partial charge in [-0.15, -0.1) is 0 Å². The molecule has 0 spiro atoms. The molecular formula is C23H31FN4O2. The number of anilines is 1. The van der Waals surface area contributed by atoms with Crippen molar-refractivity contribution < 1.29 is 9.18 Å². The van der Waals surface area contributed by atoms with E-state index in [0.29, 0.717) is 17.7 Å². The van der Waals surface area contributed by atoms with Gasteiger partial charge in [-0.1, -0.05) is 19.3 Å². The Hall–Kier alpha value is -2.41. The predicted octanol–water partition coefficient (Wildman–Crippen LogP) is 2.97. The van der Waals surface area contributed by atoms with Gasteiger partial charge in [0.2, 0.25) is 5.43 Å². The summed E-state index contributed by atoms with van der Waals surface area (Å²) in [5.41, 5.74) is 0.900. The van der Waals surface area contributed by atoms with E-state index in [1.165, 1.54) is 12.5 Å². The number of nitrogens with zero attached hydrogens (tertiary/aromatic N) is 3. The third-order valence-corrected chi connectivity index (χ3v) is 6.52. The molecule has 7 heteroatoms. The molecule has 1 aromatic carbocycles. The molecule has 1 saturated carbocycles. The van der Waals surface area contributed by atoms with Crippen LogP contribution in [-0.4, -0.2) is 54.6 Å². The molecule has 1 aromatic heterocycles. The summed E-state index contributed by atoms with van der Waals surface area (Å²) in [6, 6.07) is 3.20. The molecule has 4 rings (SSSR count). The maximum Gasteiger partial charge on any atom is 0.256 e. The zero-order chi connectivity index (χ0) is 21.3. The van der Waals surface area contributed by atoms with Gasteiger partial charge >= 0.3 is 0 Å². The molecule has 0 atom stereocenters. The van der Waals surface area contributed by atoms with Gasteiger partial charge in [0.1, 0.15) is 11.4 Å². The molecule has 1 amide bonds.